The van der Waals surface area contributed by atoms with E-state index in [-0.39, 0.29) is 17.9 Å². The lowest BCUT2D eigenvalue weighted by Crippen LogP contribution is -2.29. The van der Waals surface area contributed by atoms with Crippen molar-refractivity contribution in [2.24, 2.45) is 5.73 Å². The van der Waals surface area contributed by atoms with E-state index in [9.17, 15) is 9.59 Å². The first kappa shape index (κ1) is 24.3. The zero-order chi connectivity index (χ0) is 24.8. The molecule has 0 saturated carbocycles. The number of ether oxygens (including phenoxy) is 1. The highest BCUT2D eigenvalue weighted by Crippen LogP contribution is 2.31. The number of nitrogens with two attached hydrogens (primary N) is 1. The molecule has 182 valence electrons. The number of carbonyl (C=O) groups excluding carboxylic acids is 2. The Morgan fingerprint density at radius 3 is 2.77 bits per heavy atom. The van der Waals surface area contributed by atoms with E-state index in [0.717, 1.165) is 35.0 Å². The first-order valence-corrected chi connectivity index (χ1v) is 12.1. The first-order chi connectivity index (χ1) is 16.9. The third-order valence-electron chi connectivity index (χ3n) is 5.54. The van der Waals surface area contributed by atoms with Gasteiger partial charge in [0.15, 0.2) is 0 Å². The van der Waals surface area contributed by atoms with Gasteiger partial charge in [-0.25, -0.2) is 9.97 Å². The van der Waals surface area contributed by atoms with Crippen LogP contribution in [0.1, 0.15) is 58.8 Å². The van der Waals surface area contributed by atoms with Gasteiger partial charge < -0.3 is 20.8 Å². The number of aromatic amines is 1. The van der Waals surface area contributed by atoms with Gasteiger partial charge in [0.1, 0.15) is 10.8 Å². The van der Waals surface area contributed by atoms with Gasteiger partial charge in [-0.2, -0.15) is 0 Å². The fourth-order valence-corrected chi connectivity index (χ4v) is 4.40. The van der Waals surface area contributed by atoms with E-state index in [1.165, 1.54) is 11.3 Å². The molecule has 2 amide bonds. The second-order valence-corrected chi connectivity index (χ2v) is 9.32. The van der Waals surface area contributed by atoms with Crippen molar-refractivity contribution in [2.45, 2.75) is 45.1 Å². The molecular formula is C24H27N7O3S. The lowest BCUT2D eigenvalue weighted by atomic mass is 10.1. The van der Waals surface area contributed by atoms with Crippen LogP contribution in [0, 0.1) is 6.92 Å². The van der Waals surface area contributed by atoms with Crippen LogP contribution in [-0.2, 0) is 4.79 Å². The molecule has 35 heavy (non-hydrogen) atoms. The fraction of sp³-hybridized carbons (Fsp3) is 0.333. The molecule has 4 N–H and O–H groups in total. The highest BCUT2D eigenvalue weighted by molar-refractivity contribution is 7.13. The summed E-state index contributed by atoms with van der Waals surface area (Å²) in [5.74, 6) is 0.478. The summed E-state index contributed by atoms with van der Waals surface area (Å²) in [4.78, 5) is 36.3. The maximum absolute atomic E-state index is 12.8. The van der Waals surface area contributed by atoms with Gasteiger partial charge in [-0.05, 0) is 31.9 Å². The predicted molar refractivity (Wildman–Crippen MR) is 133 cm³/mol. The summed E-state index contributed by atoms with van der Waals surface area (Å²) in [6.07, 6.45) is 4.98. The smallest absolute Gasteiger partial charge is 0.282 e. The summed E-state index contributed by atoms with van der Waals surface area (Å²) >= 11 is 1.24. The number of hydrogen-bond donors (Lipinski definition) is 3. The van der Waals surface area contributed by atoms with Crippen molar-refractivity contribution in [1.29, 1.82) is 0 Å². The number of methoxy groups -OCH3 is 1. The van der Waals surface area contributed by atoms with Crippen molar-refractivity contribution in [3.63, 3.8) is 0 Å². The van der Waals surface area contributed by atoms with Crippen molar-refractivity contribution < 1.29 is 14.3 Å². The molecule has 0 saturated heterocycles. The van der Waals surface area contributed by atoms with E-state index in [2.05, 4.69) is 30.5 Å². The maximum Gasteiger partial charge on any atom is 0.282 e. The van der Waals surface area contributed by atoms with Crippen molar-refractivity contribution in [3.05, 3.63) is 52.4 Å². The summed E-state index contributed by atoms with van der Waals surface area (Å²) in [7, 11) is 1.58. The van der Waals surface area contributed by atoms with Gasteiger partial charge in [0, 0.05) is 11.8 Å². The van der Waals surface area contributed by atoms with Crippen molar-refractivity contribution in [2.75, 3.05) is 7.11 Å². The first-order valence-electron chi connectivity index (χ1n) is 11.3. The molecule has 3 heterocycles. The molecule has 0 spiro atoms. The summed E-state index contributed by atoms with van der Waals surface area (Å²) < 4.78 is 5.53. The maximum atomic E-state index is 12.8. The van der Waals surface area contributed by atoms with E-state index >= 15 is 0 Å². The zero-order valence-corrected chi connectivity index (χ0v) is 20.4. The number of imidazole rings is 1. The Morgan fingerprint density at radius 2 is 2.03 bits per heavy atom. The predicted octanol–water partition coefficient (Wildman–Crippen LogP) is 3.70. The summed E-state index contributed by atoms with van der Waals surface area (Å²) in [6, 6.07) is 9.42. The minimum Gasteiger partial charge on any atom is -0.480 e. The largest absolute Gasteiger partial charge is 0.480 e. The molecule has 1 atom stereocenters. The Morgan fingerprint density at radius 1 is 1.20 bits per heavy atom. The number of unbranched alkanes of at least 4 members (excludes halogenated alkanes) is 2. The third-order valence-corrected chi connectivity index (χ3v) is 6.38. The Kier molecular flexibility index (Phi) is 7.66. The Hall–Kier alpha value is -3.86. The van der Waals surface area contributed by atoms with Crippen LogP contribution < -0.4 is 15.8 Å². The average Bonchev–Trinajstić information content (AvgIpc) is 3.51. The van der Waals surface area contributed by atoms with E-state index in [0.29, 0.717) is 41.0 Å². The standard InChI is InChI=1S/C24H27N7O3S/c1-14-30-31-24(35-14)22(33)28-18(10-4-3-5-11-20(25)32)21-26-13-19(27-21)16-12-15-8-6-7-9-17(15)29-23(16)34-2/h6-9,12-13,18H,3-5,10-11H2,1-2H3,(H2,25,32)(H,26,27)(H,28,33)/t18-/m0/s1. The van der Waals surface area contributed by atoms with Gasteiger partial charge in [0.25, 0.3) is 5.91 Å². The van der Waals surface area contributed by atoms with Gasteiger partial charge in [0.2, 0.25) is 16.8 Å². The third kappa shape index (κ3) is 5.99. The number of aryl methyl sites for hydroxylation is 1. The molecule has 11 heteroatoms. The van der Waals surface area contributed by atoms with Gasteiger partial charge >= 0.3 is 0 Å². The number of fused-ring (bicyclic) bond motifs is 1. The number of hydrogen-bond acceptors (Lipinski definition) is 8. The molecule has 0 bridgehead atoms. The van der Waals surface area contributed by atoms with Crippen LogP contribution >= 0.6 is 11.3 Å². The molecule has 4 aromatic rings. The number of amides is 2. The SMILES string of the molecule is COc1nc2ccccc2cc1-c1cnc([C@H](CCCCCC(N)=O)NC(=O)c2nnc(C)s2)[nH]1. The molecular weight excluding hydrogens is 466 g/mol. The number of pyridine rings is 1. The monoisotopic (exact) mass is 493 g/mol. The van der Waals surface area contributed by atoms with Gasteiger partial charge in [-0.3, -0.25) is 9.59 Å². The van der Waals surface area contributed by atoms with E-state index in [4.69, 9.17) is 10.5 Å². The molecule has 0 unspecified atom stereocenters. The molecule has 0 fully saturated rings. The second-order valence-electron chi connectivity index (χ2n) is 8.14. The number of primary amides is 1. The minimum absolute atomic E-state index is 0.299. The van der Waals surface area contributed by atoms with Crippen LogP contribution in [0.2, 0.25) is 0 Å². The van der Waals surface area contributed by atoms with Gasteiger partial charge in [-0.1, -0.05) is 42.4 Å². The number of H-pyrrole nitrogens is 1. The number of carbonyl (C=O) groups is 2. The normalized spacial score (nSPS) is 11.9. The van der Waals surface area contributed by atoms with Gasteiger partial charge in [0.05, 0.1) is 36.1 Å². The Bertz CT molecular complexity index is 1330. The second kappa shape index (κ2) is 11.0. The molecule has 10 nitrogen and oxygen atoms in total. The van der Waals surface area contributed by atoms with Crippen LogP contribution in [0.4, 0.5) is 0 Å². The molecule has 0 aliphatic heterocycles. The highest BCUT2D eigenvalue weighted by Gasteiger charge is 2.22. The van der Waals surface area contributed by atoms with Crippen LogP contribution in [0.5, 0.6) is 5.88 Å². The molecule has 3 aromatic heterocycles. The molecule has 0 aliphatic carbocycles. The summed E-state index contributed by atoms with van der Waals surface area (Å²) in [5.41, 5.74) is 7.58. The number of para-hydroxylation sites is 1. The summed E-state index contributed by atoms with van der Waals surface area (Å²) in [6.45, 7) is 1.80. The van der Waals surface area contributed by atoms with E-state index < -0.39 is 0 Å². The summed E-state index contributed by atoms with van der Waals surface area (Å²) in [5, 5.41) is 12.9. The zero-order valence-electron chi connectivity index (χ0n) is 19.6. The lowest BCUT2D eigenvalue weighted by Gasteiger charge is -2.16. The molecule has 0 radical (unpaired) electrons. The molecule has 4 rings (SSSR count). The van der Waals surface area contributed by atoms with Crippen LogP contribution in [0.15, 0.2) is 36.5 Å². The van der Waals surface area contributed by atoms with Crippen LogP contribution in [0.3, 0.4) is 0 Å². The number of benzene rings is 1. The van der Waals surface area contributed by atoms with Crippen molar-refractivity contribution in [3.8, 4) is 17.1 Å². The number of nitrogens with zero attached hydrogens (tertiary/aromatic N) is 4. The van der Waals surface area contributed by atoms with E-state index in [1.807, 2.05) is 30.3 Å². The molecule has 0 aliphatic rings. The van der Waals surface area contributed by atoms with Crippen LogP contribution in [0.25, 0.3) is 22.2 Å². The highest BCUT2D eigenvalue weighted by atomic mass is 32.1. The topological polar surface area (TPSA) is 149 Å². The Labute approximate surface area is 206 Å². The van der Waals surface area contributed by atoms with Crippen molar-refractivity contribution >= 4 is 34.1 Å². The Balaban J connectivity index is 1.57. The quantitative estimate of drug-likeness (QED) is 0.270. The minimum atomic E-state index is -0.381. The lowest BCUT2D eigenvalue weighted by molar-refractivity contribution is -0.118. The van der Waals surface area contributed by atoms with Crippen LogP contribution in [-0.4, -0.2) is 44.1 Å². The number of nitrogens with one attached hydrogen (secondary N) is 2. The molecule has 1 aromatic carbocycles. The fourth-order valence-electron chi connectivity index (χ4n) is 3.81. The van der Waals surface area contributed by atoms with E-state index in [1.54, 1.807) is 20.2 Å². The van der Waals surface area contributed by atoms with Crippen molar-refractivity contribution in [1.82, 2.24) is 30.5 Å². The number of rotatable bonds is 11. The van der Waals surface area contributed by atoms with Gasteiger partial charge in [-0.15, -0.1) is 10.2 Å². The number of aromatic nitrogens is 5. The average molecular weight is 494 g/mol.